The number of pyridine rings is 1. The molecule has 0 saturated carbocycles. The number of likely N-dealkylation sites (tertiary alicyclic amines) is 1. The van der Waals surface area contributed by atoms with Gasteiger partial charge in [-0.25, -0.2) is 14.8 Å². The maximum atomic E-state index is 12.2. The molecule has 0 aromatic carbocycles. The van der Waals surface area contributed by atoms with Crippen LogP contribution in [0.15, 0.2) is 18.3 Å². The fraction of sp³-hybridized carbons (Fsp3) is 0.588. The molecule has 3 heterocycles. The lowest BCUT2D eigenvalue weighted by molar-refractivity contribution is 0.0287. The highest BCUT2D eigenvalue weighted by atomic mass is 16.6. The molecule has 0 bridgehead atoms. The summed E-state index contributed by atoms with van der Waals surface area (Å²) in [5.74, 6) is 0.904. The Labute approximate surface area is 141 Å². The van der Waals surface area contributed by atoms with Crippen molar-refractivity contribution in [1.29, 1.82) is 0 Å². The van der Waals surface area contributed by atoms with Crippen molar-refractivity contribution in [3.05, 3.63) is 24.2 Å². The minimum atomic E-state index is -0.482. The van der Waals surface area contributed by atoms with Crippen molar-refractivity contribution in [3.63, 3.8) is 0 Å². The second-order valence-electron chi connectivity index (χ2n) is 7.22. The lowest BCUT2D eigenvalue weighted by atomic mass is 10.1. The summed E-state index contributed by atoms with van der Waals surface area (Å²) in [7, 11) is 0. The van der Waals surface area contributed by atoms with Crippen LogP contribution in [0.3, 0.4) is 0 Å². The predicted octanol–water partition coefficient (Wildman–Crippen LogP) is 2.18. The van der Waals surface area contributed by atoms with Gasteiger partial charge in [-0.05, 0) is 45.2 Å². The number of nitrogens with zero attached hydrogens (tertiary/aromatic N) is 4. The molecule has 24 heavy (non-hydrogen) atoms. The second-order valence-corrected chi connectivity index (χ2v) is 7.22. The zero-order valence-electron chi connectivity index (χ0n) is 14.4. The fourth-order valence-corrected chi connectivity index (χ4v) is 3.05. The highest BCUT2D eigenvalue weighted by molar-refractivity contribution is 5.71. The van der Waals surface area contributed by atoms with Gasteiger partial charge in [-0.2, -0.15) is 0 Å². The number of hydrogen-bond donors (Lipinski definition) is 1. The van der Waals surface area contributed by atoms with Crippen LogP contribution in [0.2, 0.25) is 0 Å². The third kappa shape index (κ3) is 3.51. The van der Waals surface area contributed by atoms with E-state index in [2.05, 4.69) is 9.97 Å². The van der Waals surface area contributed by atoms with E-state index in [-0.39, 0.29) is 12.7 Å². The molecule has 3 rings (SSSR count). The van der Waals surface area contributed by atoms with E-state index < -0.39 is 5.60 Å². The molecule has 2 aromatic rings. The van der Waals surface area contributed by atoms with Gasteiger partial charge < -0.3 is 19.3 Å². The van der Waals surface area contributed by atoms with Crippen molar-refractivity contribution >= 4 is 17.3 Å². The first-order valence-corrected chi connectivity index (χ1v) is 8.26. The lowest BCUT2D eigenvalue weighted by Crippen LogP contribution is -2.35. The van der Waals surface area contributed by atoms with Crippen molar-refractivity contribution in [1.82, 2.24) is 19.4 Å². The molecule has 0 radical (unpaired) electrons. The first-order chi connectivity index (χ1) is 11.4. The maximum Gasteiger partial charge on any atom is 0.410 e. The van der Waals surface area contributed by atoms with Crippen LogP contribution < -0.4 is 0 Å². The number of amides is 1. The van der Waals surface area contributed by atoms with E-state index in [0.29, 0.717) is 31.4 Å². The smallest absolute Gasteiger partial charge is 0.410 e. The Bertz CT molecular complexity index is 735. The van der Waals surface area contributed by atoms with Crippen molar-refractivity contribution in [3.8, 4) is 0 Å². The van der Waals surface area contributed by atoms with Crippen LogP contribution in [0.25, 0.3) is 11.2 Å². The van der Waals surface area contributed by atoms with E-state index in [1.807, 2.05) is 37.5 Å². The molecule has 0 unspecified atom stereocenters. The van der Waals surface area contributed by atoms with Gasteiger partial charge in [0, 0.05) is 25.8 Å². The van der Waals surface area contributed by atoms with Crippen LogP contribution in [0.5, 0.6) is 0 Å². The molecular formula is C17H24N4O3. The predicted molar refractivity (Wildman–Crippen MR) is 89.4 cm³/mol. The average molecular weight is 332 g/mol. The second kappa shape index (κ2) is 6.39. The quantitative estimate of drug-likeness (QED) is 0.932. The number of hydrogen-bond acceptors (Lipinski definition) is 5. The zero-order valence-corrected chi connectivity index (χ0v) is 14.4. The van der Waals surface area contributed by atoms with Gasteiger partial charge in [0.25, 0.3) is 0 Å². The van der Waals surface area contributed by atoms with Crippen LogP contribution in [0, 0.1) is 5.92 Å². The van der Waals surface area contributed by atoms with Gasteiger partial charge in [-0.1, -0.05) is 0 Å². The molecule has 7 heteroatoms. The van der Waals surface area contributed by atoms with Crippen molar-refractivity contribution < 1.29 is 14.6 Å². The van der Waals surface area contributed by atoms with E-state index in [1.54, 1.807) is 11.1 Å². The molecular weight excluding hydrogens is 308 g/mol. The molecule has 0 aliphatic carbocycles. The van der Waals surface area contributed by atoms with Gasteiger partial charge in [0.15, 0.2) is 5.65 Å². The Morgan fingerprint density at radius 1 is 1.46 bits per heavy atom. The molecule has 0 spiro atoms. The van der Waals surface area contributed by atoms with Crippen LogP contribution in [0.1, 0.15) is 33.0 Å². The van der Waals surface area contributed by atoms with Crippen LogP contribution in [0.4, 0.5) is 4.79 Å². The van der Waals surface area contributed by atoms with Crippen molar-refractivity contribution in [2.45, 2.75) is 45.9 Å². The topological polar surface area (TPSA) is 80.5 Å². The highest BCUT2D eigenvalue weighted by Crippen LogP contribution is 2.23. The summed E-state index contributed by atoms with van der Waals surface area (Å²) in [5.41, 5.74) is 1.07. The van der Waals surface area contributed by atoms with Crippen LogP contribution in [-0.2, 0) is 17.9 Å². The number of aliphatic hydroxyl groups excluding tert-OH is 1. The molecule has 130 valence electrons. The summed E-state index contributed by atoms with van der Waals surface area (Å²) in [6.07, 6.45) is 2.36. The first-order valence-electron chi connectivity index (χ1n) is 8.26. The van der Waals surface area contributed by atoms with Gasteiger partial charge in [0.2, 0.25) is 0 Å². The summed E-state index contributed by atoms with van der Waals surface area (Å²) in [6, 6.07) is 3.72. The third-order valence-corrected chi connectivity index (χ3v) is 4.10. The van der Waals surface area contributed by atoms with Gasteiger partial charge in [0.1, 0.15) is 23.5 Å². The molecule has 1 N–H and O–H groups in total. The Hall–Kier alpha value is -2.15. The number of imidazole rings is 1. The largest absolute Gasteiger partial charge is 0.444 e. The summed E-state index contributed by atoms with van der Waals surface area (Å²) < 4.78 is 7.39. The first kappa shape index (κ1) is 16.7. The summed E-state index contributed by atoms with van der Waals surface area (Å²) in [6.45, 7) is 7.50. The SMILES string of the molecule is CC(C)(C)OC(=O)N1CC[C@@H](Cn2c(CO)nc3cccnc32)C1. The van der Waals surface area contributed by atoms with Gasteiger partial charge in [0.05, 0.1) is 0 Å². The monoisotopic (exact) mass is 332 g/mol. The molecule has 1 saturated heterocycles. The molecule has 1 fully saturated rings. The summed E-state index contributed by atoms with van der Waals surface area (Å²) in [4.78, 5) is 22.7. The van der Waals surface area contributed by atoms with Crippen molar-refractivity contribution in [2.75, 3.05) is 13.1 Å². The fourth-order valence-electron chi connectivity index (χ4n) is 3.05. The Morgan fingerprint density at radius 3 is 2.96 bits per heavy atom. The maximum absolute atomic E-state index is 12.2. The number of ether oxygens (including phenoxy) is 1. The highest BCUT2D eigenvalue weighted by Gasteiger charge is 2.30. The molecule has 2 aromatic heterocycles. The Kier molecular flexibility index (Phi) is 4.45. The molecule has 1 aliphatic heterocycles. The van der Waals surface area contributed by atoms with Crippen molar-refractivity contribution in [2.24, 2.45) is 5.92 Å². The molecule has 1 amide bonds. The van der Waals surface area contributed by atoms with Gasteiger partial charge in [-0.15, -0.1) is 0 Å². The van der Waals surface area contributed by atoms with E-state index in [4.69, 9.17) is 4.74 Å². The van der Waals surface area contributed by atoms with Gasteiger partial charge >= 0.3 is 6.09 Å². The minimum Gasteiger partial charge on any atom is -0.444 e. The van der Waals surface area contributed by atoms with E-state index in [1.165, 1.54) is 0 Å². The average Bonchev–Trinajstić information content (AvgIpc) is 3.11. The summed E-state index contributed by atoms with van der Waals surface area (Å²) in [5, 5.41) is 9.57. The van der Waals surface area contributed by atoms with Gasteiger partial charge in [-0.3, -0.25) is 0 Å². The number of carbonyl (C=O) groups excluding carboxylic acids is 1. The molecule has 1 atom stereocenters. The molecule has 1 aliphatic rings. The molecule has 7 nitrogen and oxygen atoms in total. The Morgan fingerprint density at radius 2 is 2.25 bits per heavy atom. The minimum absolute atomic E-state index is 0.126. The van der Waals surface area contributed by atoms with E-state index in [0.717, 1.165) is 17.6 Å². The lowest BCUT2D eigenvalue weighted by Gasteiger charge is -2.24. The third-order valence-electron chi connectivity index (χ3n) is 4.10. The van der Waals surface area contributed by atoms with E-state index in [9.17, 15) is 9.90 Å². The standard InChI is InChI=1S/C17H24N4O3/c1-17(2,3)24-16(23)20-8-6-12(9-20)10-21-14(11-22)19-13-5-4-7-18-15(13)21/h4-5,7,12,22H,6,8-11H2,1-3H3/t12-/m1/s1. The number of rotatable bonds is 3. The number of aliphatic hydroxyl groups is 1. The van der Waals surface area contributed by atoms with Crippen LogP contribution >= 0.6 is 0 Å². The van der Waals surface area contributed by atoms with Crippen LogP contribution in [-0.4, -0.2) is 49.3 Å². The number of fused-ring (bicyclic) bond motifs is 1. The van der Waals surface area contributed by atoms with E-state index >= 15 is 0 Å². The Balaban J connectivity index is 1.71. The summed E-state index contributed by atoms with van der Waals surface area (Å²) >= 11 is 0. The zero-order chi connectivity index (χ0) is 17.3. The normalized spacial score (nSPS) is 18.3. The number of aromatic nitrogens is 3. The number of carbonyl (C=O) groups is 1.